The zero-order chi connectivity index (χ0) is 12.7. The fraction of sp³-hybridized carbons (Fsp3) is 0.417. The Kier molecular flexibility index (Phi) is 7.91. The van der Waals surface area contributed by atoms with Gasteiger partial charge in [-0.1, -0.05) is 0 Å². The molecule has 1 aromatic carbocycles. The van der Waals surface area contributed by atoms with Gasteiger partial charge in [-0.2, -0.15) is 0 Å². The molecule has 0 heterocycles. The van der Waals surface area contributed by atoms with E-state index in [0.29, 0.717) is 30.2 Å². The van der Waals surface area contributed by atoms with Gasteiger partial charge in [0.1, 0.15) is 0 Å². The van der Waals surface area contributed by atoms with E-state index in [1.54, 1.807) is 25.3 Å². The molecular weight excluding hydrogens is 256 g/mol. The number of hydrogen-bond donors (Lipinski definition) is 2. The van der Waals surface area contributed by atoms with Crippen LogP contribution in [0.2, 0.25) is 0 Å². The van der Waals surface area contributed by atoms with Crippen LogP contribution in [0.25, 0.3) is 0 Å². The van der Waals surface area contributed by atoms with Gasteiger partial charge in [0, 0.05) is 12.1 Å². The van der Waals surface area contributed by atoms with E-state index in [-0.39, 0.29) is 18.3 Å². The van der Waals surface area contributed by atoms with Crippen LogP contribution in [0.5, 0.6) is 11.5 Å². The maximum atomic E-state index is 11.7. The van der Waals surface area contributed by atoms with E-state index in [2.05, 4.69) is 5.32 Å². The Bertz CT molecular complexity index is 386. The molecule has 6 heteroatoms. The molecule has 1 rings (SSSR count). The average Bonchev–Trinajstić information content (AvgIpc) is 2.38. The predicted molar refractivity (Wildman–Crippen MR) is 72.8 cm³/mol. The van der Waals surface area contributed by atoms with Gasteiger partial charge in [-0.25, -0.2) is 0 Å². The highest BCUT2D eigenvalue weighted by atomic mass is 35.5. The highest BCUT2D eigenvalue weighted by Crippen LogP contribution is 2.27. The summed E-state index contributed by atoms with van der Waals surface area (Å²) in [7, 11) is 3.09. The number of hydrogen-bond acceptors (Lipinski definition) is 4. The Labute approximate surface area is 113 Å². The molecular formula is C12H19ClN2O3. The Hall–Kier alpha value is -1.46. The molecule has 0 aliphatic carbocycles. The van der Waals surface area contributed by atoms with Crippen LogP contribution >= 0.6 is 12.4 Å². The standard InChI is InChI=1S/C12H18N2O3.ClH/c1-16-10-5-4-9(8-11(10)17-2)12(15)14-7-3-6-13;/h4-5,8H,3,6-7,13H2,1-2H3,(H,14,15);1H. The maximum Gasteiger partial charge on any atom is 0.251 e. The summed E-state index contributed by atoms with van der Waals surface area (Å²) in [5, 5.41) is 2.77. The Morgan fingerprint density at radius 1 is 1.28 bits per heavy atom. The lowest BCUT2D eigenvalue weighted by molar-refractivity contribution is 0.0953. The van der Waals surface area contributed by atoms with Gasteiger partial charge in [0.05, 0.1) is 14.2 Å². The van der Waals surface area contributed by atoms with Gasteiger partial charge in [-0.3, -0.25) is 4.79 Å². The molecule has 0 fully saturated rings. The van der Waals surface area contributed by atoms with Crippen molar-refractivity contribution >= 4 is 18.3 Å². The fourth-order valence-corrected chi connectivity index (χ4v) is 1.38. The number of nitrogens with one attached hydrogen (secondary N) is 1. The van der Waals surface area contributed by atoms with Crippen LogP contribution in [0, 0.1) is 0 Å². The second kappa shape index (κ2) is 8.60. The normalized spacial score (nSPS) is 9.28. The number of halogens is 1. The van der Waals surface area contributed by atoms with Crippen LogP contribution in [-0.2, 0) is 0 Å². The Balaban J connectivity index is 0.00000289. The minimum atomic E-state index is -0.139. The van der Waals surface area contributed by atoms with Crippen molar-refractivity contribution in [1.82, 2.24) is 5.32 Å². The summed E-state index contributed by atoms with van der Waals surface area (Å²) in [6.45, 7) is 1.13. The first kappa shape index (κ1) is 16.5. The molecule has 1 amide bonds. The van der Waals surface area contributed by atoms with E-state index in [1.807, 2.05) is 0 Å². The van der Waals surface area contributed by atoms with Crippen molar-refractivity contribution in [2.45, 2.75) is 6.42 Å². The summed E-state index contributed by atoms with van der Waals surface area (Å²) in [5.41, 5.74) is 5.89. The molecule has 18 heavy (non-hydrogen) atoms. The maximum absolute atomic E-state index is 11.7. The number of nitrogens with two attached hydrogens (primary N) is 1. The monoisotopic (exact) mass is 274 g/mol. The van der Waals surface area contributed by atoms with Crippen LogP contribution in [-0.4, -0.2) is 33.2 Å². The van der Waals surface area contributed by atoms with Gasteiger partial charge in [0.2, 0.25) is 0 Å². The first-order valence-electron chi connectivity index (χ1n) is 5.43. The molecule has 0 aliphatic heterocycles. The van der Waals surface area contributed by atoms with Gasteiger partial charge in [-0.05, 0) is 31.2 Å². The van der Waals surface area contributed by atoms with Gasteiger partial charge >= 0.3 is 0 Å². The van der Waals surface area contributed by atoms with Crippen molar-refractivity contribution in [3.8, 4) is 11.5 Å². The SMILES string of the molecule is COc1ccc(C(=O)NCCCN)cc1OC.Cl. The van der Waals surface area contributed by atoms with E-state index >= 15 is 0 Å². The lowest BCUT2D eigenvalue weighted by Crippen LogP contribution is -2.25. The highest BCUT2D eigenvalue weighted by molar-refractivity contribution is 5.94. The molecule has 102 valence electrons. The molecule has 0 spiro atoms. The first-order valence-corrected chi connectivity index (χ1v) is 5.43. The molecule has 0 aromatic heterocycles. The van der Waals surface area contributed by atoms with Crippen LogP contribution in [0.4, 0.5) is 0 Å². The molecule has 0 bridgehead atoms. The number of carbonyl (C=O) groups is 1. The summed E-state index contributed by atoms with van der Waals surface area (Å²) in [6, 6.07) is 5.05. The summed E-state index contributed by atoms with van der Waals surface area (Å²) < 4.78 is 10.2. The van der Waals surface area contributed by atoms with Crippen LogP contribution < -0.4 is 20.5 Å². The number of amides is 1. The topological polar surface area (TPSA) is 73.6 Å². The number of benzene rings is 1. The van der Waals surface area contributed by atoms with E-state index < -0.39 is 0 Å². The quantitative estimate of drug-likeness (QED) is 0.765. The van der Waals surface area contributed by atoms with Crippen molar-refractivity contribution < 1.29 is 14.3 Å². The van der Waals surface area contributed by atoms with Crippen molar-refractivity contribution in [3.05, 3.63) is 23.8 Å². The zero-order valence-electron chi connectivity index (χ0n) is 10.6. The highest BCUT2D eigenvalue weighted by Gasteiger charge is 2.09. The van der Waals surface area contributed by atoms with Crippen molar-refractivity contribution in [3.63, 3.8) is 0 Å². The molecule has 0 aliphatic rings. The van der Waals surface area contributed by atoms with Gasteiger partial charge < -0.3 is 20.5 Å². The third-order valence-electron chi connectivity index (χ3n) is 2.31. The zero-order valence-corrected chi connectivity index (χ0v) is 11.4. The Morgan fingerprint density at radius 2 is 1.94 bits per heavy atom. The molecule has 0 saturated carbocycles. The van der Waals surface area contributed by atoms with Crippen LogP contribution in [0.3, 0.4) is 0 Å². The summed E-state index contributed by atoms with van der Waals surface area (Å²) in [4.78, 5) is 11.7. The Morgan fingerprint density at radius 3 is 2.50 bits per heavy atom. The number of rotatable bonds is 6. The van der Waals surface area contributed by atoms with Gasteiger partial charge in [0.15, 0.2) is 11.5 Å². The second-order valence-electron chi connectivity index (χ2n) is 3.47. The predicted octanol–water partition coefficient (Wildman–Crippen LogP) is 1.20. The summed E-state index contributed by atoms with van der Waals surface area (Å²) in [5.74, 6) is 1.00. The van der Waals surface area contributed by atoms with E-state index in [1.165, 1.54) is 7.11 Å². The van der Waals surface area contributed by atoms with Crippen molar-refractivity contribution in [2.24, 2.45) is 5.73 Å². The number of ether oxygens (including phenoxy) is 2. The smallest absolute Gasteiger partial charge is 0.251 e. The van der Waals surface area contributed by atoms with E-state index in [9.17, 15) is 4.79 Å². The minimum Gasteiger partial charge on any atom is -0.493 e. The second-order valence-corrected chi connectivity index (χ2v) is 3.47. The lowest BCUT2D eigenvalue weighted by atomic mass is 10.2. The summed E-state index contributed by atoms with van der Waals surface area (Å²) >= 11 is 0. The summed E-state index contributed by atoms with van der Waals surface area (Å²) in [6.07, 6.45) is 0.763. The molecule has 5 nitrogen and oxygen atoms in total. The third-order valence-corrected chi connectivity index (χ3v) is 2.31. The van der Waals surface area contributed by atoms with E-state index in [4.69, 9.17) is 15.2 Å². The molecule has 0 unspecified atom stereocenters. The third kappa shape index (κ3) is 4.43. The molecule has 0 radical (unpaired) electrons. The molecule has 1 aromatic rings. The van der Waals surface area contributed by atoms with Crippen molar-refractivity contribution in [2.75, 3.05) is 27.3 Å². The van der Waals surface area contributed by atoms with E-state index in [0.717, 1.165) is 6.42 Å². The van der Waals surface area contributed by atoms with Crippen LogP contribution in [0.15, 0.2) is 18.2 Å². The molecule has 0 saturated heterocycles. The van der Waals surface area contributed by atoms with Crippen LogP contribution in [0.1, 0.15) is 16.8 Å². The number of methoxy groups -OCH3 is 2. The average molecular weight is 275 g/mol. The number of carbonyl (C=O) groups excluding carboxylic acids is 1. The van der Waals surface area contributed by atoms with Crippen molar-refractivity contribution in [1.29, 1.82) is 0 Å². The fourth-order valence-electron chi connectivity index (χ4n) is 1.38. The van der Waals surface area contributed by atoms with Gasteiger partial charge in [0.25, 0.3) is 5.91 Å². The molecule has 0 atom stereocenters. The largest absolute Gasteiger partial charge is 0.493 e. The van der Waals surface area contributed by atoms with Gasteiger partial charge in [-0.15, -0.1) is 12.4 Å². The molecule has 3 N–H and O–H groups in total. The lowest BCUT2D eigenvalue weighted by Gasteiger charge is -2.09. The first-order chi connectivity index (χ1) is 8.22. The minimum absolute atomic E-state index is 0.